The third-order valence-electron chi connectivity index (χ3n) is 5.70. The number of fused-ring (bicyclic) bond motifs is 1. The van der Waals surface area contributed by atoms with Crippen molar-refractivity contribution in [2.24, 2.45) is 5.92 Å². The number of hydrogen-bond donors (Lipinski definition) is 2. The first-order chi connectivity index (χ1) is 15.7. The Morgan fingerprint density at radius 3 is 2.82 bits per heavy atom. The monoisotopic (exact) mass is 493 g/mol. The number of benzene rings is 2. The van der Waals surface area contributed by atoms with Crippen molar-refractivity contribution in [1.29, 1.82) is 0 Å². The molecule has 2 aliphatic rings. The number of sulfonamides is 1. The molecular formula is C22H24ClN3O6S. The number of aryl methyl sites for hydroxylation is 1. The van der Waals surface area contributed by atoms with Crippen LogP contribution in [0.25, 0.3) is 0 Å². The fourth-order valence-electron chi connectivity index (χ4n) is 4.00. The van der Waals surface area contributed by atoms with Gasteiger partial charge in [-0.25, -0.2) is 8.42 Å². The normalized spacial score (nSPS) is 18.6. The molecule has 1 unspecified atom stereocenters. The summed E-state index contributed by atoms with van der Waals surface area (Å²) in [4.78, 5) is 24.5. The van der Waals surface area contributed by atoms with E-state index in [1.165, 1.54) is 17.5 Å². The quantitative estimate of drug-likeness (QED) is 0.661. The molecule has 0 saturated carbocycles. The van der Waals surface area contributed by atoms with Crippen LogP contribution in [0.1, 0.15) is 18.4 Å². The van der Waals surface area contributed by atoms with E-state index in [2.05, 4.69) is 10.6 Å². The third kappa shape index (κ3) is 4.78. The third-order valence-corrected chi connectivity index (χ3v) is 8.00. The minimum atomic E-state index is -3.87. The molecule has 9 nitrogen and oxygen atoms in total. The van der Waals surface area contributed by atoms with E-state index < -0.39 is 15.9 Å². The molecule has 0 aromatic heterocycles. The van der Waals surface area contributed by atoms with Crippen LogP contribution in [-0.4, -0.2) is 51.3 Å². The van der Waals surface area contributed by atoms with Gasteiger partial charge in [0.25, 0.3) is 5.91 Å². The van der Waals surface area contributed by atoms with Gasteiger partial charge in [0.1, 0.15) is 11.5 Å². The zero-order chi connectivity index (χ0) is 23.8. The van der Waals surface area contributed by atoms with Crippen molar-refractivity contribution < 1.29 is 27.5 Å². The first-order valence-electron chi connectivity index (χ1n) is 10.4. The Hall–Kier alpha value is -2.82. The number of nitrogens with zero attached hydrogens (tertiary/aromatic N) is 1. The summed E-state index contributed by atoms with van der Waals surface area (Å²) in [6.07, 6.45) is 1.12. The number of anilines is 2. The second kappa shape index (κ2) is 9.20. The number of halogens is 1. The summed E-state index contributed by atoms with van der Waals surface area (Å²) in [5.41, 5.74) is 1.44. The topological polar surface area (TPSA) is 114 Å². The van der Waals surface area contributed by atoms with Crippen molar-refractivity contribution >= 4 is 44.8 Å². The van der Waals surface area contributed by atoms with Gasteiger partial charge in [-0.2, -0.15) is 4.31 Å². The van der Waals surface area contributed by atoms with Crippen LogP contribution < -0.4 is 20.1 Å². The number of carbonyl (C=O) groups is 2. The zero-order valence-electron chi connectivity index (χ0n) is 18.2. The van der Waals surface area contributed by atoms with Crippen molar-refractivity contribution in [2.75, 3.05) is 37.4 Å². The Morgan fingerprint density at radius 1 is 1.30 bits per heavy atom. The SMILES string of the molecule is COc1ccc(NC(=O)C2CCCN(S(=O)(=O)c3cc4c(cc3C)NC(=O)CO4)C2)cc1Cl. The smallest absolute Gasteiger partial charge is 0.262 e. The largest absolute Gasteiger partial charge is 0.495 e. The Balaban J connectivity index is 1.51. The van der Waals surface area contributed by atoms with E-state index in [-0.39, 0.29) is 29.9 Å². The average Bonchev–Trinajstić information content (AvgIpc) is 2.78. The lowest BCUT2D eigenvalue weighted by Crippen LogP contribution is -2.43. The maximum atomic E-state index is 13.4. The van der Waals surface area contributed by atoms with E-state index in [0.717, 1.165) is 0 Å². The molecule has 4 rings (SSSR count). The summed E-state index contributed by atoms with van der Waals surface area (Å²) in [7, 11) is -2.37. The van der Waals surface area contributed by atoms with Gasteiger partial charge in [0.2, 0.25) is 15.9 Å². The van der Waals surface area contributed by atoms with Gasteiger partial charge in [0, 0.05) is 24.8 Å². The molecule has 2 amide bonds. The summed E-state index contributed by atoms with van der Waals surface area (Å²) in [5, 5.41) is 5.85. The second-order valence-corrected chi connectivity index (χ2v) is 10.3. The molecule has 2 aromatic carbocycles. The molecule has 2 N–H and O–H groups in total. The van der Waals surface area contributed by atoms with Gasteiger partial charge >= 0.3 is 0 Å². The lowest BCUT2D eigenvalue weighted by atomic mass is 9.98. The summed E-state index contributed by atoms with van der Waals surface area (Å²) < 4.78 is 38.7. The molecule has 0 aliphatic carbocycles. The van der Waals surface area contributed by atoms with Crippen molar-refractivity contribution in [1.82, 2.24) is 4.31 Å². The van der Waals surface area contributed by atoms with Crippen LogP contribution in [0.2, 0.25) is 5.02 Å². The van der Waals surface area contributed by atoms with E-state index in [1.54, 1.807) is 31.2 Å². The minimum absolute atomic E-state index is 0.0617. The standard InChI is InChI=1S/C22H24ClN3O6S/c1-13-8-17-19(32-12-21(27)25-17)10-20(13)33(29,30)26-7-3-4-14(11-26)22(28)24-15-5-6-18(31-2)16(23)9-15/h5-6,8-10,14H,3-4,7,11-12H2,1-2H3,(H,24,28)(H,25,27). The van der Waals surface area contributed by atoms with E-state index >= 15 is 0 Å². The Bertz CT molecular complexity index is 1220. The molecule has 0 radical (unpaired) electrons. The highest BCUT2D eigenvalue weighted by molar-refractivity contribution is 7.89. The summed E-state index contributed by atoms with van der Waals surface area (Å²) >= 11 is 6.13. The number of amides is 2. The second-order valence-electron chi connectivity index (χ2n) is 7.99. The Morgan fingerprint density at radius 2 is 2.09 bits per heavy atom. The van der Waals surface area contributed by atoms with Crippen LogP contribution in [0.3, 0.4) is 0 Å². The number of ether oxygens (including phenoxy) is 2. The van der Waals surface area contributed by atoms with E-state index in [1.807, 2.05) is 0 Å². The van der Waals surface area contributed by atoms with Crippen molar-refractivity contribution in [2.45, 2.75) is 24.7 Å². The van der Waals surface area contributed by atoms with Crippen LogP contribution in [0.15, 0.2) is 35.2 Å². The van der Waals surface area contributed by atoms with Gasteiger partial charge in [0.15, 0.2) is 6.61 Å². The minimum Gasteiger partial charge on any atom is -0.495 e. The van der Waals surface area contributed by atoms with Crippen molar-refractivity contribution in [3.05, 3.63) is 40.9 Å². The maximum absolute atomic E-state index is 13.4. The van der Waals surface area contributed by atoms with Gasteiger partial charge in [-0.1, -0.05) is 11.6 Å². The molecule has 2 aromatic rings. The summed E-state index contributed by atoms with van der Waals surface area (Å²) in [5.74, 6) is -0.275. The first kappa shape index (κ1) is 23.3. The number of nitrogens with one attached hydrogen (secondary N) is 2. The molecule has 33 heavy (non-hydrogen) atoms. The lowest BCUT2D eigenvalue weighted by molar-refractivity contribution is -0.121. The van der Waals surface area contributed by atoms with Gasteiger partial charge in [-0.15, -0.1) is 0 Å². The molecule has 2 heterocycles. The van der Waals surface area contributed by atoms with Crippen molar-refractivity contribution in [3.63, 3.8) is 0 Å². The summed E-state index contributed by atoms with van der Waals surface area (Å²) in [6, 6.07) is 7.93. The highest BCUT2D eigenvalue weighted by atomic mass is 35.5. The number of methoxy groups -OCH3 is 1. The molecule has 0 spiro atoms. The molecule has 1 atom stereocenters. The average molecular weight is 494 g/mol. The number of hydrogen-bond acceptors (Lipinski definition) is 6. The Kier molecular flexibility index (Phi) is 6.51. The zero-order valence-corrected chi connectivity index (χ0v) is 19.8. The van der Waals surface area contributed by atoms with Crippen LogP contribution in [0, 0.1) is 12.8 Å². The van der Waals surface area contributed by atoms with Gasteiger partial charge in [0.05, 0.1) is 28.6 Å². The van der Waals surface area contributed by atoms with Crippen LogP contribution in [-0.2, 0) is 19.6 Å². The number of carbonyl (C=O) groups excluding carboxylic acids is 2. The van der Waals surface area contributed by atoms with Gasteiger partial charge in [-0.05, 0) is 49.6 Å². The lowest BCUT2D eigenvalue weighted by Gasteiger charge is -2.32. The highest BCUT2D eigenvalue weighted by Gasteiger charge is 2.35. The highest BCUT2D eigenvalue weighted by Crippen LogP contribution is 2.35. The van der Waals surface area contributed by atoms with Crippen LogP contribution >= 0.6 is 11.6 Å². The molecule has 11 heteroatoms. The van der Waals surface area contributed by atoms with Crippen LogP contribution in [0.4, 0.5) is 11.4 Å². The fraction of sp³-hybridized carbons (Fsp3) is 0.364. The predicted molar refractivity (Wildman–Crippen MR) is 123 cm³/mol. The number of piperidine rings is 1. The predicted octanol–water partition coefficient (Wildman–Crippen LogP) is 3.03. The maximum Gasteiger partial charge on any atom is 0.262 e. The van der Waals surface area contributed by atoms with Gasteiger partial charge < -0.3 is 20.1 Å². The Labute approximate surface area is 197 Å². The molecule has 0 bridgehead atoms. The molecule has 1 fully saturated rings. The first-order valence-corrected chi connectivity index (χ1v) is 12.2. The summed E-state index contributed by atoms with van der Waals surface area (Å²) in [6.45, 7) is 1.87. The molecule has 2 aliphatic heterocycles. The van der Waals surface area contributed by atoms with E-state index in [9.17, 15) is 18.0 Å². The van der Waals surface area contributed by atoms with E-state index in [4.69, 9.17) is 21.1 Å². The van der Waals surface area contributed by atoms with Crippen LogP contribution in [0.5, 0.6) is 11.5 Å². The van der Waals surface area contributed by atoms with Gasteiger partial charge in [-0.3, -0.25) is 9.59 Å². The molecule has 1 saturated heterocycles. The molecular weight excluding hydrogens is 470 g/mol. The van der Waals surface area contributed by atoms with E-state index in [0.29, 0.717) is 52.8 Å². The fourth-order valence-corrected chi connectivity index (χ4v) is 6.00. The number of rotatable bonds is 5. The molecule has 176 valence electrons. The van der Waals surface area contributed by atoms with Crippen molar-refractivity contribution in [3.8, 4) is 11.5 Å².